The molecule has 1 heterocycles. The van der Waals surface area contributed by atoms with Crippen LogP contribution in [0.4, 0.5) is 11.4 Å². The van der Waals surface area contributed by atoms with Crippen molar-refractivity contribution in [2.75, 3.05) is 30.3 Å². The Morgan fingerprint density at radius 1 is 1.35 bits per heavy atom. The number of ether oxygens (including phenoxy) is 1. The average Bonchev–Trinajstić information content (AvgIpc) is 2.47. The predicted octanol–water partition coefficient (Wildman–Crippen LogP) is 3.07. The summed E-state index contributed by atoms with van der Waals surface area (Å²) in [6.45, 7) is 6.43. The Hall–Kier alpha value is -1.71. The molecule has 110 valence electrons. The lowest BCUT2D eigenvalue weighted by Gasteiger charge is -2.34. The number of rotatable bonds is 4. The van der Waals surface area contributed by atoms with Gasteiger partial charge in [0.2, 0.25) is 0 Å². The first-order chi connectivity index (χ1) is 9.65. The van der Waals surface area contributed by atoms with E-state index in [1.165, 1.54) is 19.3 Å². The molecule has 1 aliphatic heterocycles. The molecule has 1 saturated heterocycles. The van der Waals surface area contributed by atoms with Gasteiger partial charge in [0, 0.05) is 18.8 Å². The molecule has 0 amide bonds. The van der Waals surface area contributed by atoms with E-state index in [9.17, 15) is 4.79 Å². The van der Waals surface area contributed by atoms with Gasteiger partial charge in [-0.05, 0) is 43.9 Å². The molecule has 4 heteroatoms. The topological polar surface area (TPSA) is 55.6 Å². The van der Waals surface area contributed by atoms with Gasteiger partial charge < -0.3 is 15.4 Å². The van der Waals surface area contributed by atoms with Gasteiger partial charge in [-0.3, -0.25) is 0 Å². The van der Waals surface area contributed by atoms with Crippen LogP contribution in [0.2, 0.25) is 0 Å². The lowest BCUT2D eigenvalue weighted by Crippen LogP contribution is -2.34. The quantitative estimate of drug-likeness (QED) is 0.678. The fourth-order valence-electron chi connectivity index (χ4n) is 2.78. The maximum absolute atomic E-state index is 12.1. The van der Waals surface area contributed by atoms with Gasteiger partial charge >= 0.3 is 5.97 Å². The van der Waals surface area contributed by atoms with Crippen molar-refractivity contribution in [3.05, 3.63) is 23.8 Å². The van der Waals surface area contributed by atoms with Crippen molar-refractivity contribution in [1.29, 1.82) is 0 Å². The van der Waals surface area contributed by atoms with Crippen molar-refractivity contribution >= 4 is 17.3 Å². The summed E-state index contributed by atoms with van der Waals surface area (Å²) in [5.74, 6) is 0.526. The van der Waals surface area contributed by atoms with E-state index >= 15 is 0 Å². The van der Waals surface area contributed by atoms with E-state index in [0.29, 0.717) is 17.9 Å². The van der Waals surface area contributed by atoms with E-state index in [1.54, 1.807) is 6.07 Å². The average molecular weight is 276 g/mol. The molecule has 0 saturated carbocycles. The minimum atomic E-state index is -0.285. The van der Waals surface area contributed by atoms with Gasteiger partial charge in [-0.15, -0.1) is 0 Å². The second-order valence-electron chi connectivity index (χ2n) is 5.34. The minimum Gasteiger partial charge on any atom is -0.462 e. The lowest BCUT2D eigenvalue weighted by molar-refractivity contribution is 0.0527. The molecule has 1 aromatic carbocycles. The summed E-state index contributed by atoms with van der Waals surface area (Å²) in [6.07, 6.45) is 3.60. The molecule has 1 fully saturated rings. The zero-order chi connectivity index (χ0) is 14.5. The highest BCUT2D eigenvalue weighted by Gasteiger charge is 2.22. The molecule has 0 radical (unpaired) electrons. The van der Waals surface area contributed by atoms with Gasteiger partial charge in [0.1, 0.15) is 0 Å². The number of piperidine rings is 1. The third-order valence-corrected chi connectivity index (χ3v) is 4.05. The number of hydrogen-bond donors (Lipinski definition) is 1. The van der Waals surface area contributed by atoms with Gasteiger partial charge in [0.25, 0.3) is 0 Å². The maximum Gasteiger partial charge on any atom is 0.340 e. The minimum absolute atomic E-state index is 0.285. The van der Waals surface area contributed by atoms with Gasteiger partial charge in [0.05, 0.1) is 17.9 Å². The molecule has 0 bridgehead atoms. The normalized spacial score (nSPS) is 16.2. The van der Waals surface area contributed by atoms with Crippen molar-refractivity contribution < 1.29 is 9.53 Å². The van der Waals surface area contributed by atoms with Crippen LogP contribution in [0.1, 0.15) is 43.5 Å². The van der Waals surface area contributed by atoms with Crippen molar-refractivity contribution in [2.45, 2.75) is 33.1 Å². The highest BCUT2D eigenvalue weighted by atomic mass is 16.5. The molecule has 1 aromatic rings. The molecule has 0 spiro atoms. The van der Waals surface area contributed by atoms with Crippen LogP contribution in [0.25, 0.3) is 0 Å². The zero-order valence-electron chi connectivity index (χ0n) is 12.4. The smallest absolute Gasteiger partial charge is 0.340 e. The molecule has 0 aromatic heterocycles. The summed E-state index contributed by atoms with van der Waals surface area (Å²) >= 11 is 0. The molecule has 0 aliphatic carbocycles. The second-order valence-corrected chi connectivity index (χ2v) is 5.34. The number of carbonyl (C=O) groups is 1. The van der Waals surface area contributed by atoms with Gasteiger partial charge in [-0.2, -0.15) is 0 Å². The summed E-state index contributed by atoms with van der Waals surface area (Å²) in [6, 6.07) is 5.51. The SMILES string of the molecule is CCOC(=O)c1cc(N)ccc1N1CCC(CC)CC1. The number of carbonyl (C=O) groups excluding carboxylic acids is 1. The van der Waals surface area contributed by atoms with E-state index in [4.69, 9.17) is 10.5 Å². The molecule has 0 atom stereocenters. The van der Waals surface area contributed by atoms with Crippen LogP contribution in [0.3, 0.4) is 0 Å². The third-order valence-electron chi connectivity index (χ3n) is 4.05. The van der Waals surface area contributed by atoms with E-state index in [-0.39, 0.29) is 5.97 Å². The van der Waals surface area contributed by atoms with E-state index in [1.807, 2.05) is 19.1 Å². The molecule has 20 heavy (non-hydrogen) atoms. The molecular formula is C16H24N2O2. The zero-order valence-corrected chi connectivity index (χ0v) is 12.4. The van der Waals surface area contributed by atoms with Crippen LogP contribution in [-0.4, -0.2) is 25.7 Å². The first-order valence-corrected chi connectivity index (χ1v) is 7.47. The number of benzene rings is 1. The number of hydrogen-bond acceptors (Lipinski definition) is 4. The Balaban J connectivity index is 2.21. The lowest BCUT2D eigenvalue weighted by atomic mass is 9.93. The number of nitrogens with two attached hydrogens (primary N) is 1. The van der Waals surface area contributed by atoms with E-state index < -0.39 is 0 Å². The molecular weight excluding hydrogens is 252 g/mol. The van der Waals surface area contributed by atoms with Crippen LogP contribution in [0, 0.1) is 5.92 Å². The summed E-state index contributed by atoms with van der Waals surface area (Å²) in [5, 5.41) is 0. The highest BCUT2D eigenvalue weighted by Crippen LogP contribution is 2.29. The first kappa shape index (κ1) is 14.7. The van der Waals surface area contributed by atoms with Crippen molar-refractivity contribution in [3.63, 3.8) is 0 Å². The van der Waals surface area contributed by atoms with E-state index in [0.717, 1.165) is 24.7 Å². The number of esters is 1. The standard InChI is InChI=1S/C16H24N2O2/c1-3-12-7-9-18(10-8-12)15-6-5-13(17)11-14(15)16(19)20-4-2/h5-6,11-12H,3-4,7-10,17H2,1-2H3. The van der Waals surface area contributed by atoms with Crippen LogP contribution in [0.5, 0.6) is 0 Å². The Kier molecular flexibility index (Phi) is 4.88. The molecule has 2 N–H and O–H groups in total. The number of anilines is 2. The van der Waals surface area contributed by atoms with Crippen molar-refractivity contribution in [3.8, 4) is 0 Å². The Labute approximate surface area is 120 Å². The fourth-order valence-corrected chi connectivity index (χ4v) is 2.78. The van der Waals surface area contributed by atoms with Crippen molar-refractivity contribution in [1.82, 2.24) is 0 Å². The second kappa shape index (κ2) is 6.64. The largest absolute Gasteiger partial charge is 0.462 e. The molecule has 1 aliphatic rings. The fraction of sp³-hybridized carbons (Fsp3) is 0.562. The Bertz CT molecular complexity index is 466. The monoisotopic (exact) mass is 276 g/mol. The summed E-state index contributed by atoms with van der Waals surface area (Å²) in [7, 11) is 0. The predicted molar refractivity (Wildman–Crippen MR) is 82.0 cm³/mol. The molecule has 2 rings (SSSR count). The summed E-state index contributed by atoms with van der Waals surface area (Å²) < 4.78 is 5.14. The Morgan fingerprint density at radius 3 is 2.65 bits per heavy atom. The summed E-state index contributed by atoms with van der Waals surface area (Å²) in [4.78, 5) is 14.4. The van der Waals surface area contributed by atoms with Crippen LogP contribution >= 0.6 is 0 Å². The Morgan fingerprint density at radius 2 is 2.05 bits per heavy atom. The number of nitrogens with zero attached hydrogens (tertiary/aromatic N) is 1. The van der Waals surface area contributed by atoms with Crippen LogP contribution in [0.15, 0.2) is 18.2 Å². The van der Waals surface area contributed by atoms with Crippen LogP contribution in [-0.2, 0) is 4.74 Å². The molecule has 4 nitrogen and oxygen atoms in total. The highest BCUT2D eigenvalue weighted by molar-refractivity contribution is 5.97. The van der Waals surface area contributed by atoms with Crippen molar-refractivity contribution in [2.24, 2.45) is 5.92 Å². The van der Waals surface area contributed by atoms with Gasteiger partial charge in [-0.25, -0.2) is 4.79 Å². The van der Waals surface area contributed by atoms with Crippen LogP contribution < -0.4 is 10.6 Å². The van der Waals surface area contributed by atoms with E-state index in [2.05, 4.69) is 11.8 Å². The van der Waals surface area contributed by atoms with Gasteiger partial charge in [-0.1, -0.05) is 13.3 Å². The summed E-state index contributed by atoms with van der Waals surface area (Å²) in [5.41, 5.74) is 7.94. The first-order valence-electron chi connectivity index (χ1n) is 7.47. The van der Waals surface area contributed by atoms with Gasteiger partial charge in [0.15, 0.2) is 0 Å². The number of nitrogen functional groups attached to an aromatic ring is 1. The maximum atomic E-state index is 12.1. The molecule has 0 unspecified atom stereocenters. The third kappa shape index (κ3) is 3.24.